The van der Waals surface area contributed by atoms with Crippen LogP contribution in [0.2, 0.25) is 0 Å². The number of aliphatic hydroxyl groups is 2. The fourth-order valence-electron chi connectivity index (χ4n) is 3.99. The van der Waals surface area contributed by atoms with Crippen LogP contribution >= 0.6 is 0 Å². The van der Waals surface area contributed by atoms with Crippen LogP contribution in [0.25, 0.3) is 0 Å². The highest BCUT2D eigenvalue weighted by Crippen LogP contribution is 2.40. The Balaban J connectivity index is 1.64. The smallest absolute Gasteiger partial charge is 0.314 e. The second-order valence-electron chi connectivity index (χ2n) is 7.47. The Kier molecular flexibility index (Phi) is 5.95. The minimum atomic E-state index is -1.05. The predicted molar refractivity (Wildman–Crippen MR) is 114 cm³/mol. The molecule has 4 rings (SSSR count). The quantitative estimate of drug-likeness (QED) is 0.473. The van der Waals surface area contributed by atoms with E-state index in [1.165, 1.54) is 12.0 Å². The maximum Gasteiger partial charge on any atom is 0.314 e. The first-order chi connectivity index (χ1) is 15.0. The van der Waals surface area contributed by atoms with Gasteiger partial charge in [-0.3, -0.25) is 9.59 Å². The molecule has 3 unspecified atom stereocenters. The number of carbonyl (C=O) groups excluding carboxylic acids is 2. The van der Waals surface area contributed by atoms with Crippen molar-refractivity contribution >= 4 is 11.8 Å². The van der Waals surface area contributed by atoms with E-state index in [4.69, 9.17) is 4.74 Å². The minimum Gasteiger partial charge on any atom is -0.469 e. The number of hydrogen-bond donors (Lipinski definition) is 2. The molecule has 0 aliphatic carbocycles. The molecule has 1 heterocycles. The second-order valence-corrected chi connectivity index (χ2v) is 7.47. The van der Waals surface area contributed by atoms with Crippen LogP contribution in [-0.4, -0.2) is 40.5 Å². The van der Waals surface area contributed by atoms with Crippen molar-refractivity contribution in [2.75, 3.05) is 13.7 Å². The molecular weight excluding hydrogens is 394 g/mol. The number of rotatable bonds is 6. The van der Waals surface area contributed by atoms with Gasteiger partial charge >= 0.3 is 5.97 Å². The lowest BCUT2D eigenvalue weighted by molar-refractivity contribution is -0.146. The van der Waals surface area contributed by atoms with Crippen molar-refractivity contribution in [2.24, 2.45) is 0 Å². The van der Waals surface area contributed by atoms with E-state index in [-0.39, 0.29) is 12.3 Å². The van der Waals surface area contributed by atoms with Gasteiger partial charge in [0.15, 0.2) is 5.78 Å². The van der Waals surface area contributed by atoms with Crippen LogP contribution in [0.3, 0.4) is 0 Å². The number of hydrogen-bond acceptors (Lipinski definition) is 6. The Bertz CT molecular complexity index is 1070. The highest BCUT2D eigenvalue weighted by molar-refractivity contribution is 6.09. The van der Waals surface area contributed by atoms with Crippen LogP contribution in [0.4, 0.5) is 0 Å². The van der Waals surface area contributed by atoms with Gasteiger partial charge in [0.1, 0.15) is 12.5 Å². The molecule has 3 aromatic rings. The summed E-state index contributed by atoms with van der Waals surface area (Å²) in [4.78, 5) is 26.9. The average molecular weight is 417 g/mol. The molecule has 0 saturated carbocycles. The van der Waals surface area contributed by atoms with E-state index < -0.39 is 24.3 Å². The third-order valence-corrected chi connectivity index (χ3v) is 5.65. The second kappa shape index (κ2) is 8.81. The van der Waals surface area contributed by atoms with Crippen molar-refractivity contribution in [2.45, 2.75) is 18.4 Å². The van der Waals surface area contributed by atoms with Crippen molar-refractivity contribution in [1.82, 2.24) is 4.90 Å². The Hall–Kier alpha value is -3.32. The first-order valence-corrected chi connectivity index (χ1v) is 9.99. The summed E-state index contributed by atoms with van der Waals surface area (Å²) < 4.78 is 5.00. The molecule has 0 amide bonds. The first kappa shape index (κ1) is 20.9. The molecule has 0 saturated heterocycles. The zero-order valence-electron chi connectivity index (χ0n) is 17.0. The molecule has 0 fully saturated rings. The zero-order valence-corrected chi connectivity index (χ0v) is 17.0. The largest absolute Gasteiger partial charge is 0.469 e. The molecule has 2 N–H and O–H groups in total. The molecule has 3 atom stereocenters. The summed E-state index contributed by atoms with van der Waals surface area (Å²) >= 11 is 0. The predicted octanol–water partition coefficient (Wildman–Crippen LogP) is 3.17. The molecule has 0 bridgehead atoms. The van der Waals surface area contributed by atoms with Gasteiger partial charge in [-0.25, -0.2) is 4.90 Å². The molecule has 0 radical (unpaired) electrons. The molecule has 6 nitrogen and oxygen atoms in total. The van der Waals surface area contributed by atoms with Gasteiger partial charge in [-0.05, 0) is 11.6 Å². The molecule has 0 spiro atoms. The summed E-state index contributed by atoms with van der Waals surface area (Å²) in [7, 11) is 1.29. The van der Waals surface area contributed by atoms with E-state index in [2.05, 4.69) is 0 Å². The average Bonchev–Trinajstić information content (AvgIpc) is 3.07. The van der Waals surface area contributed by atoms with Crippen molar-refractivity contribution in [3.63, 3.8) is 0 Å². The number of benzene rings is 3. The van der Waals surface area contributed by atoms with Gasteiger partial charge in [0.25, 0.3) is 0 Å². The van der Waals surface area contributed by atoms with E-state index in [9.17, 15) is 19.8 Å². The number of esters is 1. The number of fused-ring (bicyclic) bond motifs is 1. The minimum absolute atomic E-state index is 0.0205. The maximum absolute atomic E-state index is 12.9. The van der Waals surface area contributed by atoms with Crippen molar-refractivity contribution in [1.29, 1.82) is 0 Å². The molecule has 158 valence electrons. The Labute approximate surface area is 180 Å². The normalized spacial score (nSPS) is 18.9. The van der Waals surface area contributed by atoms with Crippen LogP contribution in [0.15, 0.2) is 78.9 Å². The van der Waals surface area contributed by atoms with Gasteiger partial charge in [-0.2, -0.15) is 0 Å². The summed E-state index contributed by atoms with van der Waals surface area (Å²) in [5, 5.41) is 21.4. The Morgan fingerprint density at radius 1 is 0.871 bits per heavy atom. The fraction of sp³-hybridized carbons (Fsp3) is 0.200. The number of ketones is 1. The third-order valence-electron chi connectivity index (χ3n) is 5.65. The SMILES string of the molecule is COC(=O)C(CN1C(O)c2ccccc2C1O)c1cccc(C(=O)c2ccccc2)c1. The molecule has 0 aromatic heterocycles. The van der Waals surface area contributed by atoms with Gasteiger partial charge < -0.3 is 14.9 Å². The van der Waals surface area contributed by atoms with E-state index in [0.29, 0.717) is 27.8 Å². The van der Waals surface area contributed by atoms with E-state index >= 15 is 0 Å². The van der Waals surface area contributed by atoms with Gasteiger partial charge in [-0.1, -0.05) is 72.8 Å². The Morgan fingerprint density at radius 2 is 1.45 bits per heavy atom. The summed E-state index contributed by atoms with van der Waals surface area (Å²) in [6.07, 6.45) is -2.10. The van der Waals surface area contributed by atoms with Gasteiger partial charge in [0.2, 0.25) is 0 Å². The lowest BCUT2D eigenvalue weighted by Gasteiger charge is -2.28. The molecule has 1 aliphatic rings. The standard InChI is InChI=1S/C25H23NO5/c1-31-25(30)21(15-26-23(28)19-12-5-6-13-20(19)24(26)29)17-10-7-11-18(14-17)22(27)16-8-3-2-4-9-16/h2-14,21,23-24,28-29H,15H2,1H3. The molecule has 31 heavy (non-hydrogen) atoms. The molecule has 3 aromatic carbocycles. The topological polar surface area (TPSA) is 87.1 Å². The highest BCUT2D eigenvalue weighted by atomic mass is 16.5. The van der Waals surface area contributed by atoms with Crippen molar-refractivity contribution < 1.29 is 24.5 Å². The van der Waals surface area contributed by atoms with Gasteiger partial charge in [-0.15, -0.1) is 0 Å². The summed E-state index contributed by atoms with van der Waals surface area (Å²) in [5.41, 5.74) is 2.78. The van der Waals surface area contributed by atoms with Crippen LogP contribution in [0.5, 0.6) is 0 Å². The molecule has 1 aliphatic heterocycles. The number of aliphatic hydroxyl groups excluding tert-OH is 2. The number of ether oxygens (including phenoxy) is 1. The fourth-order valence-corrected chi connectivity index (χ4v) is 3.99. The first-order valence-electron chi connectivity index (χ1n) is 9.99. The lowest BCUT2D eigenvalue weighted by atomic mass is 9.94. The number of nitrogens with zero attached hydrogens (tertiary/aromatic N) is 1. The van der Waals surface area contributed by atoms with Gasteiger partial charge in [0, 0.05) is 28.8 Å². The summed E-state index contributed by atoms with van der Waals surface area (Å²) in [6, 6.07) is 22.8. The lowest BCUT2D eigenvalue weighted by Crippen LogP contribution is -2.34. The number of carbonyl (C=O) groups is 2. The Morgan fingerprint density at radius 3 is 2.06 bits per heavy atom. The molecular formula is C25H23NO5. The van der Waals surface area contributed by atoms with Crippen LogP contribution in [0, 0.1) is 0 Å². The van der Waals surface area contributed by atoms with Crippen molar-refractivity contribution in [3.05, 3.63) is 107 Å². The summed E-state index contributed by atoms with van der Waals surface area (Å²) in [6.45, 7) is 0.0205. The zero-order chi connectivity index (χ0) is 22.0. The van der Waals surface area contributed by atoms with E-state index in [0.717, 1.165) is 0 Å². The van der Waals surface area contributed by atoms with E-state index in [1.54, 1.807) is 72.8 Å². The monoisotopic (exact) mass is 417 g/mol. The maximum atomic E-state index is 12.9. The van der Waals surface area contributed by atoms with Crippen molar-refractivity contribution in [3.8, 4) is 0 Å². The summed E-state index contributed by atoms with van der Waals surface area (Å²) in [5.74, 6) is -1.47. The third kappa shape index (κ3) is 4.01. The number of methoxy groups -OCH3 is 1. The highest BCUT2D eigenvalue weighted by Gasteiger charge is 2.39. The van der Waals surface area contributed by atoms with Crippen LogP contribution < -0.4 is 0 Å². The van der Waals surface area contributed by atoms with E-state index in [1.807, 2.05) is 6.07 Å². The molecule has 6 heteroatoms. The van der Waals surface area contributed by atoms with Crippen LogP contribution in [0.1, 0.15) is 51.0 Å². The van der Waals surface area contributed by atoms with Gasteiger partial charge in [0.05, 0.1) is 13.0 Å². The van der Waals surface area contributed by atoms with Crippen LogP contribution in [-0.2, 0) is 9.53 Å².